The molecule has 0 atom stereocenters. The van der Waals surface area contributed by atoms with Crippen LogP contribution in [0.25, 0.3) is 0 Å². The Morgan fingerprint density at radius 1 is 1.12 bits per heavy atom. The van der Waals surface area contributed by atoms with Gasteiger partial charge in [0.1, 0.15) is 0 Å². The maximum atomic E-state index is 12.1. The first kappa shape index (κ1) is 17.3. The lowest BCUT2D eigenvalue weighted by atomic mass is 9.82. The molecule has 2 aromatic rings. The Kier molecular flexibility index (Phi) is 5.88. The average Bonchev–Trinajstić information content (AvgIpc) is 2.68. The van der Waals surface area contributed by atoms with E-state index in [2.05, 4.69) is 45.9 Å². The lowest BCUT2D eigenvalue weighted by molar-refractivity contribution is 0.231. The average molecular weight is 339 g/mol. The van der Waals surface area contributed by atoms with Crippen LogP contribution in [0.5, 0.6) is 5.88 Å². The van der Waals surface area contributed by atoms with Crippen LogP contribution < -0.4 is 15.4 Å². The quantitative estimate of drug-likeness (QED) is 0.874. The van der Waals surface area contributed by atoms with Crippen LogP contribution in [-0.2, 0) is 6.54 Å². The second kappa shape index (κ2) is 8.51. The van der Waals surface area contributed by atoms with E-state index < -0.39 is 0 Å². The number of ether oxygens (including phenoxy) is 1. The van der Waals surface area contributed by atoms with Gasteiger partial charge in [-0.25, -0.2) is 9.78 Å². The molecule has 132 valence electrons. The van der Waals surface area contributed by atoms with Gasteiger partial charge in [-0.2, -0.15) is 0 Å². The molecule has 0 bridgehead atoms. The number of nitrogens with one attached hydrogen (secondary N) is 2. The normalized spacial score (nSPS) is 19.9. The fraction of sp³-hybridized carbons (Fsp3) is 0.400. The monoisotopic (exact) mass is 339 g/mol. The summed E-state index contributed by atoms with van der Waals surface area (Å²) in [5, 5.41) is 5.98. The number of methoxy groups -OCH3 is 1. The maximum Gasteiger partial charge on any atom is 0.315 e. The van der Waals surface area contributed by atoms with Crippen LogP contribution >= 0.6 is 0 Å². The summed E-state index contributed by atoms with van der Waals surface area (Å²) in [4.78, 5) is 16.2. The molecule has 0 spiro atoms. The standard InChI is InChI=1S/C20H25N3O2/c1-25-19-12-7-15(13-21-19)14-22-20(24)23-18-10-8-17(9-11-18)16-5-3-2-4-6-16/h2-7,12-13,17-18H,8-11,14H2,1H3,(H2,22,23,24). The van der Waals surface area contributed by atoms with Crippen LogP contribution in [-0.4, -0.2) is 24.2 Å². The Morgan fingerprint density at radius 3 is 2.52 bits per heavy atom. The predicted octanol–water partition coefficient (Wildman–Crippen LogP) is 3.62. The number of urea groups is 1. The Bertz CT molecular complexity index is 665. The molecule has 2 N–H and O–H groups in total. The van der Waals surface area contributed by atoms with Gasteiger partial charge in [0, 0.05) is 24.8 Å². The predicted molar refractivity (Wildman–Crippen MR) is 97.6 cm³/mol. The first-order chi connectivity index (χ1) is 12.2. The van der Waals surface area contributed by atoms with Crippen LogP contribution in [0.1, 0.15) is 42.7 Å². The summed E-state index contributed by atoms with van der Waals surface area (Å²) in [6.45, 7) is 0.461. The Hall–Kier alpha value is -2.56. The smallest absolute Gasteiger partial charge is 0.315 e. The van der Waals surface area contributed by atoms with Crippen molar-refractivity contribution in [3.63, 3.8) is 0 Å². The fourth-order valence-electron chi connectivity index (χ4n) is 3.35. The third-order valence-corrected chi connectivity index (χ3v) is 4.79. The van der Waals surface area contributed by atoms with Crippen LogP contribution in [0, 0.1) is 0 Å². The fourth-order valence-corrected chi connectivity index (χ4v) is 3.35. The van der Waals surface area contributed by atoms with Gasteiger partial charge in [0.2, 0.25) is 5.88 Å². The van der Waals surface area contributed by atoms with Crippen LogP contribution in [0.3, 0.4) is 0 Å². The number of carbonyl (C=O) groups excluding carboxylic acids is 1. The first-order valence-electron chi connectivity index (χ1n) is 8.83. The molecule has 1 aliphatic rings. The van der Waals surface area contributed by atoms with Crippen molar-refractivity contribution < 1.29 is 9.53 Å². The minimum atomic E-state index is -0.112. The van der Waals surface area contributed by atoms with Gasteiger partial charge in [-0.1, -0.05) is 36.4 Å². The third kappa shape index (κ3) is 4.95. The second-order valence-corrected chi connectivity index (χ2v) is 6.50. The molecule has 1 aromatic heterocycles. The number of hydrogen-bond donors (Lipinski definition) is 2. The van der Waals surface area contributed by atoms with E-state index in [0.717, 1.165) is 31.2 Å². The molecule has 1 saturated carbocycles. The van der Waals surface area contributed by atoms with Crippen LogP contribution in [0.4, 0.5) is 4.79 Å². The van der Waals surface area contributed by atoms with Crippen LogP contribution in [0.15, 0.2) is 48.7 Å². The summed E-state index contributed by atoms with van der Waals surface area (Å²) < 4.78 is 5.03. The highest BCUT2D eigenvalue weighted by molar-refractivity contribution is 5.74. The van der Waals surface area contributed by atoms with E-state index in [-0.39, 0.29) is 12.1 Å². The zero-order chi connectivity index (χ0) is 17.5. The molecular weight excluding hydrogens is 314 g/mol. The van der Waals surface area contributed by atoms with Gasteiger partial charge in [-0.15, -0.1) is 0 Å². The van der Waals surface area contributed by atoms with E-state index in [4.69, 9.17) is 4.74 Å². The number of hydrogen-bond acceptors (Lipinski definition) is 3. The molecule has 3 rings (SSSR count). The van der Waals surface area contributed by atoms with Crippen molar-refractivity contribution in [3.05, 3.63) is 59.8 Å². The minimum Gasteiger partial charge on any atom is -0.481 e. The number of benzene rings is 1. The number of nitrogens with zero attached hydrogens (tertiary/aromatic N) is 1. The van der Waals surface area contributed by atoms with Crippen LogP contribution in [0.2, 0.25) is 0 Å². The van der Waals surface area contributed by atoms with Crippen molar-refractivity contribution in [1.82, 2.24) is 15.6 Å². The van der Waals surface area contributed by atoms with Gasteiger partial charge in [0.25, 0.3) is 0 Å². The number of rotatable bonds is 5. The van der Waals surface area contributed by atoms with E-state index in [9.17, 15) is 4.79 Å². The van der Waals surface area contributed by atoms with Crippen molar-refractivity contribution in [3.8, 4) is 5.88 Å². The van der Waals surface area contributed by atoms with E-state index >= 15 is 0 Å². The Labute approximate surface area is 148 Å². The summed E-state index contributed by atoms with van der Waals surface area (Å²) in [7, 11) is 1.58. The molecule has 2 amide bonds. The van der Waals surface area contributed by atoms with Crippen molar-refractivity contribution in [2.24, 2.45) is 0 Å². The number of carbonyl (C=O) groups is 1. The molecule has 5 heteroatoms. The highest BCUT2D eigenvalue weighted by atomic mass is 16.5. The lowest BCUT2D eigenvalue weighted by Gasteiger charge is -2.29. The van der Waals surface area contributed by atoms with Gasteiger partial charge >= 0.3 is 6.03 Å². The van der Waals surface area contributed by atoms with Crippen molar-refractivity contribution in [2.75, 3.05) is 7.11 Å². The molecule has 0 aliphatic heterocycles. The zero-order valence-electron chi connectivity index (χ0n) is 14.6. The lowest BCUT2D eigenvalue weighted by Crippen LogP contribution is -2.43. The summed E-state index contributed by atoms with van der Waals surface area (Å²) >= 11 is 0. The van der Waals surface area contributed by atoms with Crippen molar-refractivity contribution in [2.45, 2.75) is 44.2 Å². The molecule has 1 heterocycles. The SMILES string of the molecule is COc1ccc(CNC(=O)NC2CCC(c3ccccc3)CC2)cn1. The van der Waals surface area contributed by atoms with Crippen molar-refractivity contribution >= 4 is 6.03 Å². The van der Waals surface area contributed by atoms with E-state index in [1.165, 1.54) is 5.56 Å². The zero-order valence-corrected chi connectivity index (χ0v) is 14.6. The van der Waals surface area contributed by atoms with E-state index in [1.807, 2.05) is 6.07 Å². The minimum absolute atomic E-state index is 0.112. The molecule has 5 nitrogen and oxygen atoms in total. The highest BCUT2D eigenvalue weighted by Gasteiger charge is 2.23. The Morgan fingerprint density at radius 2 is 1.88 bits per heavy atom. The topological polar surface area (TPSA) is 63.2 Å². The molecule has 1 aliphatic carbocycles. The largest absolute Gasteiger partial charge is 0.481 e. The number of amides is 2. The molecule has 0 radical (unpaired) electrons. The maximum absolute atomic E-state index is 12.1. The molecule has 0 unspecified atom stereocenters. The molecule has 1 aromatic carbocycles. The van der Waals surface area contributed by atoms with E-state index in [0.29, 0.717) is 18.3 Å². The van der Waals surface area contributed by atoms with E-state index in [1.54, 1.807) is 19.4 Å². The molecule has 25 heavy (non-hydrogen) atoms. The van der Waals surface area contributed by atoms with Gasteiger partial charge in [0.05, 0.1) is 7.11 Å². The number of aromatic nitrogens is 1. The third-order valence-electron chi connectivity index (χ3n) is 4.79. The number of pyridine rings is 1. The van der Waals surface area contributed by atoms with Gasteiger partial charge in [-0.3, -0.25) is 0 Å². The molecular formula is C20H25N3O2. The summed E-state index contributed by atoms with van der Waals surface area (Å²) in [5.41, 5.74) is 2.36. The molecule has 0 saturated heterocycles. The van der Waals surface area contributed by atoms with Crippen molar-refractivity contribution in [1.29, 1.82) is 0 Å². The van der Waals surface area contributed by atoms with Gasteiger partial charge < -0.3 is 15.4 Å². The summed E-state index contributed by atoms with van der Waals surface area (Å²) in [6.07, 6.45) is 6.01. The Balaban J connectivity index is 1.40. The molecule has 1 fully saturated rings. The summed E-state index contributed by atoms with van der Waals surface area (Å²) in [5.74, 6) is 1.19. The first-order valence-corrected chi connectivity index (χ1v) is 8.83. The summed E-state index contributed by atoms with van der Waals surface area (Å²) in [6, 6.07) is 14.5. The highest BCUT2D eigenvalue weighted by Crippen LogP contribution is 2.32. The second-order valence-electron chi connectivity index (χ2n) is 6.50. The van der Waals surface area contributed by atoms with Gasteiger partial charge in [0.15, 0.2) is 0 Å². The van der Waals surface area contributed by atoms with Gasteiger partial charge in [-0.05, 0) is 42.7 Å².